The van der Waals surface area contributed by atoms with Gasteiger partial charge in [-0.25, -0.2) is 24.0 Å². The molecule has 0 aromatic carbocycles. The summed E-state index contributed by atoms with van der Waals surface area (Å²) in [6.45, 7) is 7.77. The number of esters is 2. The van der Waals surface area contributed by atoms with Crippen molar-refractivity contribution < 1.29 is 24.2 Å². The molecule has 0 atom stereocenters. The topological polar surface area (TPSA) is 161 Å². The van der Waals surface area contributed by atoms with Crippen molar-refractivity contribution in [3.05, 3.63) is 55.8 Å². The third-order valence-electron chi connectivity index (χ3n) is 2.59. The highest BCUT2D eigenvalue weighted by molar-refractivity contribution is 5.88. The molecule has 0 spiro atoms. The summed E-state index contributed by atoms with van der Waals surface area (Å²) in [7, 11) is 0. The van der Waals surface area contributed by atoms with Crippen LogP contribution in [0.2, 0.25) is 0 Å². The van der Waals surface area contributed by atoms with Crippen LogP contribution in [-0.4, -0.2) is 38.2 Å². The molecule has 0 aliphatic carbocycles. The van der Waals surface area contributed by atoms with E-state index in [0.29, 0.717) is 0 Å². The van der Waals surface area contributed by atoms with E-state index >= 15 is 0 Å². The third-order valence-corrected chi connectivity index (χ3v) is 2.59. The molecule has 1 aromatic rings. The Morgan fingerprint density at radius 2 is 1.42 bits per heavy atom. The van der Waals surface area contributed by atoms with Gasteiger partial charge in [-0.3, -0.25) is 9.97 Å². The molecule has 0 aliphatic rings. The molecule has 24 heavy (non-hydrogen) atoms. The first-order valence-corrected chi connectivity index (χ1v) is 6.38. The first-order valence-electron chi connectivity index (χ1n) is 6.38. The molecule has 11 heteroatoms. The van der Waals surface area contributed by atoms with Crippen LogP contribution in [0.4, 0.5) is 0 Å². The molecular weight excluding hydrogens is 326 g/mol. The Bertz CT molecular complexity index is 810. The van der Waals surface area contributed by atoms with Gasteiger partial charge in [-0.05, 0) is 13.8 Å². The van der Waals surface area contributed by atoms with Gasteiger partial charge in [-0.1, -0.05) is 13.2 Å². The first-order chi connectivity index (χ1) is 11.0. The zero-order valence-corrected chi connectivity index (χ0v) is 12.9. The maximum atomic E-state index is 11.9. The van der Waals surface area contributed by atoms with E-state index in [1.165, 1.54) is 13.8 Å². The molecule has 0 fully saturated rings. The van der Waals surface area contributed by atoms with Crippen LogP contribution in [0.15, 0.2) is 38.7 Å². The summed E-state index contributed by atoms with van der Waals surface area (Å²) in [5.74, 6) is -5.20. The minimum absolute atomic E-state index is 0.0378. The number of hydrogen-bond donors (Lipinski definition) is 3. The van der Waals surface area contributed by atoms with Crippen LogP contribution in [0.5, 0.6) is 0 Å². The summed E-state index contributed by atoms with van der Waals surface area (Å²) in [6.07, 6.45) is 0. The van der Waals surface area contributed by atoms with Gasteiger partial charge < -0.3 is 14.6 Å². The van der Waals surface area contributed by atoms with Crippen LogP contribution < -0.4 is 17.1 Å². The molecule has 0 aliphatic heterocycles. The Morgan fingerprint density at radius 1 is 1.04 bits per heavy atom. The van der Waals surface area contributed by atoms with Crippen LogP contribution in [0, 0.1) is 0 Å². The number of carbonyl (C=O) groups is 2. The second kappa shape index (κ2) is 6.91. The maximum absolute atomic E-state index is 11.9. The van der Waals surface area contributed by atoms with Gasteiger partial charge in [0.15, 0.2) is 0 Å². The molecule has 0 saturated heterocycles. The number of aliphatic hydroxyl groups excluding tert-OH is 1. The summed E-state index contributed by atoms with van der Waals surface area (Å²) < 4.78 is 9.65. The van der Waals surface area contributed by atoms with Crippen molar-refractivity contribution in [3.8, 4) is 0 Å². The lowest BCUT2D eigenvalue weighted by molar-refractivity contribution is -0.280. The van der Waals surface area contributed by atoms with Crippen molar-refractivity contribution >= 4 is 11.9 Å². The number of ether oxygens (including phenoxy) is 2. The summed E-state index contributed by atoms with van der Waals surface area (Å²) in [6, 6.07) is 0. The number of H-pyrrole nitrogens is 2. The van der Waals surface area contributed by atoms with Crippen molar-refractivity contribution in [1.29, 1.82) is 0 Å². The monoisotopic (exact) mass is 341 g/mol. The number of nitrogens with zero attached hydrogens (tertiary/aromatic N) is 1. The molecule has 1 rings (SSSR count). The second-order valence-corrected chi connectivity index (χ2v) is 4.74. The molecule has 0 unspecified atom stereocenters. The largest absolute Gasteiger partial charge is 0.398 e. The van der Waals surface area contributed by atoms with Gasteiger partial charge in [-0.2, -0.15) is 4.57 Å². The highest BCUT2D eigenvalue weighted by Crippen LogP contribution is 2.20. The van der Waals surface area contributed by atoms with Crippen molar-refractivity contribution in [1.82, 2.24) is 14.5 Å². The van der Waals surface area contributed by atoms with E-state index in [2.05, 4.69) is 13.2 Å². The standard InChI is InChI=1S/C13H15N3O8/c1-6(2)8(18)23-13(5-17,24-9(19)7(3)4)16-11(21)14-10(20)15-12(16)22/h17H,1,3,5H2,2,4H3,(H2,14,15,20,21,22). The fraction of sp³-hybridized carbons (Fsp3) is 0.308. The molecule has 0 radical (unpaired) electrons. The molecular formula is C13H15N3O8. The molecule has 130 valence electrons. The van der Waals surface area contributed by atoms with Crippen LogP contribution in [0.25, 0.3) is 0 Å². The van der Waals surface area contributed by atoms with Crippen LogP contribution in [-0.2, 0) is 25.0 Å². The number of carbonyl (C=O) groups excluding carboxylic acids is 2. The Balaban J connectivity index is 3.67. The van der Waals surface area contributed by atoms with Crippen molar-refractivity contribution in [2.45, 2.75) is 19.8 Å². The SMILES string of the molecule is C=C(C)C(=O)OC(CO)(OC(=O)C(=C)C)n1c(=O)[nH]c(=O)[nH]c1=O. The lowest BCUT2D eigenvalue weighted by Crippen LogP contribution is -2.59. The van der Waals surface area contributed by atoms with Crippen LogP contribution >= 0.6 is 0 Å². The minimum atomic E-state index is -2.86. The molecule has 11 nitrogen and oxygen atoms in total. The Labute approximate surface area is 133 Å². The number of hydrogen-bond acceptors (Lipinski definition) is 8. The van der Waals surface area contributed by atoms with Gasteiger partial charge >= 0.3 is 34.9 Å². The number of aliphatic hydroxyl groups is 1. The second-order valence-electron chi connectivity index (χ2n) is 4.74. The van der Waals surface area contributed by atoms with Gasteiger partial charge in [0, 0.05) is 11.1 Å². The Kier molecular flexibility index (Phi) is 5.43. The van der Waals surface area contributed by atoms with Crippen molar-refractivity contribution in [3.63, 3.8) is 0 Å². The van der Waals surface area contributed by atoms with E-state index in [1.807, 2.05) is 0 Å². The Morgan fingerprint density at radius 3 is 1.71 bits per heavy atom. The maximum Gasteiger partial charge on any atom is 0.378 e. The number of rotatable bonds is 6. The molecule has 1 aromatic heterocycles. The molecule has 0 amide bonds. The van der Waals surface area contributed by atoms with Gasteiger partial charge in [0.05, 0.1) is 0 Å². The lowest BCUT2D eigenvalue weighted by atomic mass is 10.3. The van der Waals surface area contributed by atoms with Gasteiger partial charge in [0.25, 0.3) is 0 Å². The normalized spacial score (nSPS) is 10.8. The van der Waals surface area contributed by atoms with Gasteiger partial charge in [-0.15, -0.1) is 0 Å². The van der Waals surface area contributed by atoms with E-state index < -0.39 is 41.5 Å². The summed E-state index contributed by atoms with van der Waals surface area (Å²) in [4.78, 5) is 61.9. The zero-order valence-electron chi connectivity index (χ0n) is 12.9. The number of nitrogens with one attached hydrogen (secondary N) is 2. The first kappa shape index (κ1) is 18.8. The highest BCUT2D eigenvalue weighted by Gasteiger charge is 2.44. The summed E-state index contributed by atoms with van der Waals surface area (Å²) in [5.41, 5.74) is -4.27. The van der Waals surface area contributed by atoms with E-state index in [4.69, 9.17) is 9.47 Å². The minimum Gasteiger partial charge on any atom is -0.398 e. The van der Waals surface area contributed by atoms with E-state index in [1.54, 1.807) is 9.97 Å². The predicted molar refractivity (Wildman–Crippen MR) is 78.8 cm³/mol. The quantitative estimate of drug-likeness (QED) is 0.306. The fourth-order valence-electron chi connectivity index (χ4n) is 1.45. The van der Waals surface area contributed by atoms with Gasteiger partial charge in [0.1, 0.15) is 6.61 Å². The molecule has 3 N–H and O–H groups in total. The smallest absolute Gasteiger partial charge is 0.378 e. The number of aromatic nitrogens is 3. The molecule has 1 heterocycles. The summed E-state index contributed by atoms with van der Waals surface area (Å²) >= 11 is 0. The fourth-order valence-corrected chi connectivity index (χ4v) is 1.45. The Hall–Kier alpha value is -3.21. The predicted octanol–water partition coefficient (Wildman–Crippen LogP) is -1.93. The molecule has 0 bridgehead atoms. The van der Waals surface area contributed by atoms with Crippen LogP contribution in [0.1, 0.15) is 13.8 Å². The van der Waals surface area contributed by atoms with Crippen molar-refractivity contribution in [2.24, 2.45) is 0 Å². The average molecular weight is 341 g/mol. The van der Waals surface area contributed by atoms with Gasteiger partial charge in [0.2, 0.25) is 0 Å². The summed E-state index contributed by atoms with van der Waals surface area (Å²) in [5, 5.41) is 9.59. The highest BCUT2D eigenvalue weighted by atomic mass is 16.8. The number of aromatic amines is 2. The third kappa shape index (κ3) is 3.76. The van der Waals surface area contributed by atoms with E-state index in [-0.39, 0.29) is 15.7 Å². The average Bonchev–Trinajstić information content (AvgIpc) is 2.45. The van der Waals surface area contributed by atoms with E-state index in [0.717, 1.165) is 0 Å². The lowest BCUT2D eigenvalue weighted by Gasteiger charge is -2.30. The van der Waals surface area contributed by atoms with E-state index in [9.17, 15) is 29.1 Å². The van der Waals surface area contributed by atoms with Crippen molar-refractivity contribution in [2.75, 3.05) is 6.61 Å². The zero-order chi connectivity index (χ0) is 18.7. The van der Waals surface area contributed by atoms with Crippen LogP contribution in [0.3, 0.4) is 0 Å². The molecule has 0 saturated carbocycles.